The summed E-state index contributed by atoms with van der Waals surface area (Å²) < 4.78 is -0.143. The van der Waals surface area contributed by atoms with Gasteiger partial charge in [-0.3, -0.25) is 6.08 Å². The molecule has 0 aromatic rings. The fourth-order valence-electron chi connectivity index (χ4n) is 0.757. The molecule has 78 valence electrons. The Kier molecular flexibility index (Phi) is 25.8. The van der Waals surface area contributed by atoms with Crippen LogP contribution in [0.3, 0.4) is 0 Å². The van der Waals surface area contributed by atoms with Crippen LogP contribution in [-0.4, -0.2) is 14.0 Å². The summed E-state index contributed by atoms with van der Waals surface area (Å²) in [5.41, 5.74) is 0. The van der Waals surface area contributed by atoms with Crippen LogP contribution in [0.25, 0.3) is 0 Å². The van der Waals surface area contributed by atoms with Gasteiger partial charge in [0, 0.05) is 21.7 Å². The normalized spacial score (nSPS) is 12.7. The molecule has 0 amide bonds. The summed E-state index contributed by atoms with van der Waals surface area (Å²) in [6.07, 6.45) is 8.29. The number of rotatable bonds is 2. The molecule has 0 unspecified atom stereocenters. The van der Waals surface area contributed by atoms with Crippen molar-refractivity contribution in [2.45, 2.75) is 10.9 Å². The molecule has 0 saturated heterocycles. The average Bonchev–Trinajstić information content (AvgIpc) is 2.15. The number of alkyl halides is 2. The molecule has 0 aromatic carbocycles. The van der Waals surface area contributed by atoms with E-state index in [-0.39, 0.29) is 63.4 Å². The van der Waals surface area contributed by atoms with Crippen molar-refractivity contribution < 1.29 is 21.7 Å². The van der Waals surface area contributed by atoms with E-state index in [4.69, 9.17) is 23.2 Å². The second kappa shape index (κ2) is 13.9. The summed E-state index contributed by atoms with van der Waals surface area (Å²) in [6.45, 7) is 0. The van der Waals surface area contributed by atoms with Crippen LogP contribution in [-0.2, 0) is 21.7 Å². The van der Waals surface area contributed by atoms with E-state index in [1.165, 1.54) is 5.20 Å². The van der Waals surface area contributed by atoms with Gasteiger partial charge < -0.3 is 0 Å². The smallest absolute Gasteiger partial charge is 0.0926 e. The summed E-state index contributed by atoms with van der Waals surface area (Å²) in [7, 11) is -0.428. The maximum atomic E-state index is 5.59. The molecular formula is C6H10Cl5SiTi-. The van der Waals surface area contributed by atoms with Crippen molar-refractivity contribution in [3.63, 3.8) is 0 Å². The zero-order valence-corrected chi connectivity index (χ0v) is 13.6. The second-order valence-corrected chi connectivity index (χ2v) is 6.20. The standard InChI is InChI=1S/C6H7Cl2Si.3ClH.Ti/c7-6(8)9-5-3-1-2-4-5;;;;/h1,3,6H,2,9H2;3*1H;/q-1;;;;. The minimum absolute atomic E-state index is 0. The molecule has 0 aliphatic heterocycles. The van der Waals surface area contributed by atoms with E-state index in [0.717, 1.165) is 6.42 Å². The third-order valence-corrected chi connectivity index (χ3v) is 3.30. The van der Waals surface area contributed by atoms with Crippen LogP contribution in [0.15, 0.2) is 17.3 Å². The SMILES string of the molecule is Cl.Cl.Cl.ClC(Cl)[SiH2]C1=[C-]CC=C1.[Ti]. The van der Waals surface area contributed by atoms with E-state index in [9.17, 15) is 0 Å². The molecule has 1 rings (SSSR count). The van der Waals surface area contributed by atoms with E-state index in [1.54, 1.807) is 0 Å². The van der Waals surface area contributed by atoms with Crippen molar-refractivity contribution in [2.24, 2.45) is 0 Å². The van der Waals surface area contributed by atoms with Gasteiger partial charge in [-0.2, -0.15) is 6.08 Å². The Bertz CT molecular complexity index is 159. The summed E-state index contributed by atoms with van der Waals surface area (Å²) in [6, 6.07) is 0. The van der Waals surface area contributed by atoms with Gasteiger partial charge in [0.2, 0.25) is 0 Å². The third kappa shape index (κ3) is 11.8. The minimum Gasteiger partial charge on any atom is -0.274 e. The molecule has 0 bridgehead atoms. The first kappa shape index (κ1) is 24.2. The summed E-state index contributed by atoms with van der Waals surface area (Å²) in [5.74, 6) is 0. The van der Waals surface area contributed by atoms with E-state index in [2.05, 4.69) is 18.2 Å². The van der Waals surface area contributed by atoms with Gasteiger partial charge >= 0.3 is 0 Å². The Balaban J connectivity index is -0.000000101. The van der Waals surface area contributed by atoms with E-state index >= 15 is 0 Å². The Morgan fingerprint density at radius 2 is 1.85 bits per heavy atom. The summed E-state index contributed by atoms with van der Waals surface area (Å²) >= 11 is 11.2. The molecule has 0 heterocycles. The maximum Gasteiger partial charge on any atom is 0.0926 e. The minimum atomic E-state index is -0.428. The third-order valence-electron chi connectivity index (χ3n) is 1.14. The fraction of sp³-hybridized carbons (Fsp3) is 0.333. The van der Waals surface area contributed by atoms with E-state index in [1.807, 2.05) is 0 Å². The van der Waals surface area contributed by atoms with Crippen LogP contribution >= 0.6 is 60.4 Å². The van der Waals surface area contributed by atoms with Crippen LogP contribution in [0, 0.1) is 6.08 Å². The van der Waals surface area contributed by atoms with Crippen LogP contribution in [0.1, 0.15) is 6.42 Å². The quantitative estimate of drug-likeness (QED) is 0.414. The molecular weight excluding hydrogens is 325 g/mol. The van der Waals surface area contributed by atoms with Gasteiger partial charge in [-0.1, -0.05) is 0 Å². The topological polar surface area (TPSA) is 0 Å². The van der Waals surface area contributed by atoms with Gasteiger partial charge in [-0.15, -0.1) is 66.8 Å². The largest absolute Gasteiger partial charge is 0.274 e. The van der Waals surface area contributed by atoms with Gasteiger partial charge in [0.1, 0.15) is 0 Å². The molecule has 0 atom stereocenters. The zero-order valence-electron chi connectivity index (χ0n) is 6.63. The van der Waals surface area contributed by atoms with Gasteiger partial charge in [-0.05, 0) is 0 Å². The van der Waals surface area contributed by atoms with Gasteiger partial charge in [0.05, 0.1) is 14.0 Å². The molecule has 0 nitrogen and oxygen atoms in total. The molecule has 1 aliphatic rings. The predicted octanol–water partition coefficient (Wildman–Crippen LogP) is 2.83. The van der Waals surface area contributed by atoms with E-state index in [0.29, 0.717) is 0 Å². The van der Waals surface area contributed by atoms with Crippen LogP contribution < -0.4 is 0 Å². The molecule has 0 saturated carbocycles. The van der Waals surface area contributed by atoms with E-state index < -0.39 is 9.52 Å². The van der Waals surface area contributed by atoms with Gasteiger partial charge in [0.15, 0.2) is 0 Å². The van der Waals surface area contributed by atoms with Crippen molar-refractivity contribution in [3.8, 4) is 0 Å². The van der Waals surface area contributed by atoms with Crippen molar-refractivity contribution >= 4 is 69.9 Å². The first-order valence-corrected chi connectivity index (χ1v) is 5.23. The van der Waals surface area contributed by atoms with Crippen molar-refractivity contribution in [1.29, 1.82) is 0 Å². The maximum absolute atomic E-state index is 5.59. The van der Waals surface area contributed by atoms with Crippen LogP contribution in [0.4, 0.5) is 0 Å². The monoisotopic (exact) mass is 333 g/mol. The molecule has 0 radical (unpaired) electrons. The number of halogens is 5. The molecule has 0 fully saturated rings. The Morgan fingerprint density at radius 1 is 1.31 bits per heavy atom. The molecule has 7 heteroatoms. The van der Waals surface area contributed by atoms with Crippen LogP contribution in [0.5, 0.6) is 0 Å². The number of allylic oxidation sites excluding steroid dienone is 4. The first-order chi connectivity index (χ1) is 4.29. The molecule has 1 aliphatic carbocycles. The summed E-state index contributed by atoms with van der Waals surface area (Å²) in [5, 5.41) is 1.27. The van der Waals surface area contributed by atoms with Crippen molar-refractivity contribution in [2.75, 3.05) is 0 Å². The van der Waals surface area contributed by atoms with Crippen molar-refractivity contribution in [3.05, 3.63) is 23.4 Å². The fourth-order valence-corrected chi connectivity index (χ4v) is 2.68. The number of hydrogen-bond acceptors (Lipinski definition) is 0. The van der Waals surface area contributed by atoms with Gasteiger partial charge in [-0.25, -0.2) is 11.3 Å². The Labute approximate surface area is 125 Å². The van der Waals surface area contributed by atoms with Crippen molar-refractivity contribution in [1.82, 2.24) is 0 Å². The molecule has 0 aromatic heterocycles. The second-order valence-electron chi connectivity index (χ2n) is 1.90. The van der Waals surface area contributed by atoms with Crippen LogP contribution in [0.2, 0.25) is 0 Å². The first-order valence-electron chi connectivity index (χ1n) is 2.83. The summed E-state index contributed by atoms with van der Waals surface area (Å²) in [4.78, 5) is 0. The Hall–Kier alpha value is 1.86. The zero-order chi connectivity index (χ0) is 6.69. The average molecular weight is 335 g/mol. The van der Waals surface area contributed by atoms with Gasteiger partial charge in [0.25, 0.3) is 0 Å². The molecule has 0 N–H and O–H groups in total. The number of hydrogen-bond donors (Lipinski definition) is 0. The molecule has 0 spiro atoms. The molecule has 13 heavy (non-hydrogen) atoms. The predicted molar refractivity (Wildman–Crippen MR) is 66.3 cm³/mol. The Morgan fingerprint density at radius 3 is 2.15 bits per heavy atom.